The lowest BCUT2D eigenvalue weighted by atomic mass is 10.0. The molecule has 0 radical (unpaired) electrons. The molecular formula is C17H29N3O2. The minimum Gasteiger partial charge on any atom is -0.369 e. The van der Waals surface area contributed by atoms with Crippen molar-refractivity contribution in [3.8, 4) is 0 Å². The molecule has 2 amide bonds. The third-order valence-corrected chi connectivity index (χ3v) is 5.92. The molecule has 3 rings (SSSR count). The highest BCUT2D eigenvalue weighted by molar-refractivity contribution is 5.79. The SMILES string of the molecule is CC(CCC(=O)N1CC2C[C@H]1CN2CC1CCCC1)C(N)=O. The Morgan fingerprint density at radius 1 is 1.18 bits per heavy atom. The first-order valence-corrected chi connectivity index (χ1v) is 8.87. The van der Waals surface area contributed by atoms with Gasteiger partial charge in [-0.15, -0.1) is 0 Å². The summed E-state index contributed by atoms with van der Waals surface area (Å²) in [6.07, 6.45) is 7.75. The Kier molecular flexibility index (Phi) is 4.71. The summed E-state index contributed by atoms with van der Waals surface area (Å²) in [6, 6.07) is 0.978. The molecular weight excluding hydrogens is 278 g/mol. The number of carbonyl (C=O) groups is 2. The molecule has 2 saturated heterocycles. The van der Waals surface area contributed by atoms with Gasteiger partial charge in [-0.1, -0.05) is 19.8 Å². The number of likely N-dealkylation sites (tertiary alicyclic amines) is 2. The van der Waals surface area contributed by atoms with E-state index in [9.17, 15) is 9.59 Å². The lowest BCUT2D eigenvalue weighted by Gasteiger charge is -2.35. The number of hydrogen-bond donors (Lipinski definition) is 1. The van der Waals surface area contributed by atoms with Gasteiger partial charge in [0, 0.05) is 44.1 Å². The van der Waals surface area contributed by atoms with Crippen molar-refractivity contribution in [3.63, 3.8) is 0 Å². The predicted molar refractivity (Wildman–Crippen MR) is 85.0 cm³/mol. The van der Waals surface area contributed by atoms with E-state index >= 15 is 0 Å². The first-order chi connectivity index (χ1) is 10.5. The number of fused-ring (bicyclic) bond motifs is 2. The van der Waals surface area contributed by atoms with Gasteiger partial charge in [-0.05, 0) is 31.6 Å². The van der Waals surface area contributed by atoms with Gasteiger partial charge in [0.2, 0.25) is 11.8 Å². The van der Waals surface area contributed by atoms with Crippen molar-refractivity contribution in [1.29, 1.82) is 0 Å². The van der Waals surface area contributed by atoms with E-state index < -0.39 is 0 Å². The van der Waals surface area contributed by atoms with E-state index in [1.807, 2.05) is 0 Å². The number of nitrogens with two attached hydrogens (primary N) is 1. The number of primary amides is 1. The van der Waals surface area contributed by atoms with Crippen LogP contribution < -0.4 is 5.73 Å². The second-order valence-electron chi connectivity index (χ2n) is 7.54. The maximum atomic E-state index is 12.4. The van der Waals surface area contributed by atoms with Crippen molar-refractivity contribution >= 4 is 11.8 Å². The summed E-state index contributed by atoms with van der Waals surface area (Å²) >= 11 is 0. The Bertz CT molecular complexity index is 434. The predicted octanol–water partition coefficient (Wildman–Crippen LogP) is 1.36. The maximum absolute atomic E-state index is 12.4. The standard InChI is InChI=1S/C17H29N3O2/c1-12(17(18)22)6-7-16(21)20-11-14-8-15(20)10-19(14)9-13-4-2-3-5-13/h12-15H,2-11H2,1H3,(H2,18,22)/t12?,14?,15-/m0/s1. The summed E-state index contributed by atoms with van der Waals surface area (Å²) in [6.45, 7) is 4.98. The second-order valence-corrected chi connectivity index (χ2v) is 7.54. The summed E-state index contributed by atoms with van der Waals surface area (Å²) in [5.74, 6) is 0.585. The van der Waals surface area contributed by atoms with Gasteiger partial charge in [0.15, 0.2) is 0 Å². The average molecular weight is 307 g/mol. The van der Waals surface area contributed by atoms with E-state index in [0.717, 1.165) is 25.4 Å². The number of piperazine rings is 1. The van der Waals surface area contributed by atoms with Crippen molar-refractivity contribution in [1.82, 2.24) is 9.80 Å². The van der Waals surface area contributed by atoms with Crippen LogP contribution in [0, 0.1) is 11.8 Å². The molecule has 22 heavy (non-hydrogen) atoms. The normalized spacial score (nSPS) is 30.1. The third-order valence-electron chi connectivity index (χ3n) is 5.92. The van der Waals surface area contributed by atoms with Crippen LogP contribution in [-0.4, -0.2) is 53.3 Å². The average Bonchev–Trinajstić information content (AvgIpc) is 3.20. The van der Waals surface area contributed by atoms with E-state index in [0.29, 0.717) is 24.9 Å². The molecule has 0 aromatic carbocycles. The van der Waals surface area contributed by atoms with Gasteiger partial charge < -0.3 is 10.6 Å². The van der Waals surface area contributed by atoms with E-state index in [4.69, 9.17) is 5.73 Å². The molecule has 0 aromatic heterocycles. The second kappa shape index (κ2) is 6.57. The number of carbonyl (C=O) groups excluding carboxylic acids is 2. The lowest BCUT2D eigenvalue weighted by Crippen LogP contribution is -2.49. The van der Waals surface area contributed by atoms with Crippen molar-refractivity contribution in [2.75, 3.05) is 19.6 Å². The van der Waals surface area contributed by atoms with Gasteiger partial charge in [0.25, 0.3) is 0 Å². The molecule has 5 heteroatoms. The molecule has 0 spiro atoms. The fraction of sp³-hybridized carbons (Fsp3) is 0.882. The Labute approximate surface area is 133 Å². The van der Waals surface area contributed by atoms with Crippen LogP contribution in [0.1, 0.15) is 51.9 Å². The molecule has 124 valence electrons. The van der Waals surface area contributed by atoms with Crippen LogP contribution in [0.4, 0.5) is 0 Å². The zero-order valence-corrected chi connectivity index (χ0v) is 13.7. The Morgan fingerprint density at radius 2 is 1.91 bits per heavy atom. The molecule has 3 atom stereocenters. The van der Waals surface area contributed by atoms with E-state index in [1.54, 1.807) is 6.92 Å². The van der Waals surface area contributed by atoms with Crippen LogP contribution in [0.2, 0.25) is 0 Å². The van der Waals surface area contributed by atoms with Crippen molar-refractivity contribution in [2.45, 2.75) is 64.0 Å². The first-order valence-electron chi connectivity index (χ1n) is 8.87. The highest BCUT2D eigenvalue weighted by Crippen LogP contribution is 2.34. The fourth-order valence-electron chi connectivity index (χ4n) is 4.43. The van der Waals surface area contributed by atoms with Gasteiger partial charge in [-0.2, -0.15) is 0 Å². The summed E-state index contributed by atoms with van der Waals surface area (Å²) in [7, 11) is 0. The molecule has 2 N–H and O–H groups in total. The number of rotatable bonds is 6. The zero-order valence-electron chi connectivity index (χ0n) is 13.7. The quantitative estimate of drug-likeness (QED) is 0.806. The molecule has 2 aliphatic heterocycles. The van der Waals surface area contributed by atoms with Crippen LogP contribution in [0.15, 0.2) is 0 Å². The Hall–Kier alpha value is -1.10. The largest absolute Gasteiger partial charge is 0.369 e. The number of hydrogen-bond acceptors (Lipinski definition) is 3. The van der Waals surface area contributed by atoms with Crippen LogP contribution in [0.25, 0.3) is 0 Å². The summed E-state index contributed by atoms with van der Waals surface area (Å²) in [5.41, 5.74) is 5.26. The smallest absolute Gasteiger partial charge is 0.222 e. The molecule has 1 saturated carbocycles. The Morgan fingerprint density at radius 3 is 2.50 bits per heavy atom. The molecule has 3 fully saturated rings. The van der Waals surface area contributed by atoms with Crippen molar-refractivity contribution in [3.05, 3.63) is 0 Å². The van der Waals surface area contributed by atoms with Gasteiger partial charge >= 0.3 is 0 Å². The van der Waals surface area contributed by atoms with Crippen LogP contribution in [0.5, 0.6) is 0 Å². The van der Waals surface area contributed by atoms with Crippen LogP contribution >= 0.6 is 0 Å². The van der Waals surface area contributed by atoms with Crippen molar-refractivity contribution in [2.24, 2.45) is 17.6 Å². The summed E-state index contributed by atoms with van der Waals surface area (Å²) in [4.78, 5) is 28.1. The van der Waals surface area contributed by atoms with Crippen molar-refractivity contribution < 1.29 is 9.59 Å². The van der Waals surface area contributed by atoms with Gasteiger partial charge in [0.05, 0.1) is 0 Å². The first kappa shape index (κ1) is 15.8. The summed E-state index contributed by atoms with van der Waals surface area (Å²) in [5, 5.41) is 0. The topological polar surface area (TPSA) is 66.6 Å². The summed E-state index contributed by atoms with van der Waals surface area (Å²) < 4.78 is 0. The fourth-order valence-corrected chi connectivity index (χ4v) is 4.43. The monoisotopic (exact) mass is 307 g/mol. The molecule has 5 nitrogen and oxygen atoms in total. The molecule has 1 aliphatic carbocycles. The molecule has 2 heterocycles. The minimum atomic E-state index is -0.307. The van der Waals surface area contributed by atoms with E-state index in [-0.39, 0.29) is 17.7 Å². The maximum Gasteiger partial charge on any atom is 0.222 e. The number of nitrogens with zero attached hydrogens (tertiary/aromatic N) is 2. The highest BCUT2D eigenvalue weighted by atomic mass is 16.2. The molecule has 2 bridgehead atoms. The Balaban J connectivity index is 1.45. The third kappa shape index (κ3) is 3.29. The van der Waals surface area contributed by atoms with E-state index in [2.05, 4.69) is 9.80 Å². The molecule has 3 aliphatic rings. The van der Waals surface area contributed by atoms with Gasteiger partial charge in [-0.25, -0.2) is 0 Å². The lowest BCUT2D eigenvalue weighted by molar-refractivity contribution is -0.134. The number of amides is 2. The molecule has 2 unspecified atom stereocenters. The van der Waals surface area contributed by atoms with Gasteiger partial charge in [0.1, 0.15) is 0 Å². The molecule has 0 aromatic rings. The zero-order chi connectivity index (χ0) is 15.7. The highest BCUT2D eigenvalue weighted by Gasteiger charge is 2.45. The minimum absolute atomic E-state index is 0.206. The van der Waals surface area contributed by atoms with Gasteiger partial charge in [-0.3, -0.25) is 14.5 Å². The van der Waals surface area contributed by atoms with Crippen LogP contribution in [-0.2, 0) is 9.59 Å². The van der Waals surface area contributed by atoms with E-state index in [1.165, 1.54) is 32.2 Å². The van der Waals surface area contributed by atoms with Crippen LogP contribution in [0.3, 0.4) is 0 Å².